The second-order valence-electron chi connectivity index (χ2n) is 3.00. The highest BCUT2D eigenvalue weighted by Gasteiger charge is 2.04. The van der Waals surface area contributed by atoms with Crippen LogP contribution in [0.5, 0.6) is 0 Å². The van der Waals surface area contributed by atoms with E-state index in [1.807, 2.05) is 13.0 Å². The number of anilines is 1. The van der Waals surface area contributed by atoms with Crippen molar-refractivity contribution in [1.82, 2.24) is 4.98 Å². The smallest absolute Gasteiger partial charge is 0.224 e. The summed E-state index contributed by atoms with van der Waals surface area (Å²) in [6.07, 6.45) is 3.03. The van der Waals surface area contributed by atoms with Crippen molar-refractivity contribution < 1.29 is 4.79 Å². The van der Waals surface area contributed by atoms with Gasteiger partial charge in [0.05, 0.1) is 11.4 Å². The third kappa shape index (κ3) is 2.81. The first kappa shape index (κ1) is 10.7. The zero-order valence-corrected chi connectivity index (χ0v) is 8.29. The highest BCUT2D eigenvalue weighted by atomic mass is 16.1. The Hall–Kier alpha value is -1.42. The molecule has 1 aromatic rings. The van der Waals surface area contributed by atoms with E-state index < -0.39 is 0 Å². The minimum atomic E-state index is 0.00944. The SMILES string of the molecule is CCCC(=O)Nc1cccnc1CN. The van der Waals surface area contributed by atoms with Gasteiger partial charge in [-0.1, -0.05) is 6.92 Å². The Morgan fingerprint density at radius 1 is 1.64 bits per heavy atom. The van der Waals surface area contributed by atoms with E-state index in [-0.39, 0.29) is 5.91 Å². The number of hydrogen-bond donors (Lipinski definition) is 2. The van der Waals surface area contributed by atoms with Crippen LogP contribution in [0.1, 0.15) is 25.5 Å². The molecule has 0 atom stereocenters. The lowest BCUT2D eigenvalue weighted by Gasteiger charge is -2.07. The fraction of sp³-hybridized carbons (Fsp3) is 0.400. The average Bonchev–Trinajstić information content (AvgIpc) is 2.19. The largest absolute Gasteiger partial charge is 0.325 e. The number of hydrogen-bond acceptors (Lipinski definition) is 3. The number of carbonyl (C=O) groups is 1. The first-order valence-corrected chi connectivity index (χ1v) is 4.71. The summed E-state index contributed by atoms with van der Waals surface area (Å²) in [7, 11) is 0. The van der Waals surface area contributed by atoms with E-state index in [9.17, 15) is 4.79 Å². The fourth-order valence-electron chi connectivity index (χ4n) is 1.15. The molecule has 0 saturated heterocycles. The van der Waals surface area contributed by atoms with Crippen LogP contribution >= 0.6 is 0 Å². The summed E-state index contributed by atoms with van der Waals surface area (Å²) in [6, 6.07) is 3.59. The van der Waals surface area contributed by atoms with Crippen molar-refractivity contribution in [2.45, 2.75) is 26.3 Å². The van der Waals surface area contributed by atoms with Crippen molar-refractivity contribution in [3.05, 3.63) is 24.0 Å². The molecule has 0 aliphatic carbocycles. The molecule has 1 heterocycles. The van der Waals surface area contributed by atoms with Gasteiger partial charge in [-0.3, -0.25) is 9.78 Å². The summed E-state index contributed by atoms with van der Waals surface area (Å²) in [5.74, 6) is 0.00944. The Labute approximate surface area is 83.5 Å². The van der Waals surface area contributed by atoms with Crippen LogP contribution in [-0.4, -0.2) is 10.9 Å². The van der Waals surface area contributed by atoms with E-state index in [0.29, 0.717) is 18.7 Å². The van der Waals surface area contributed by atoms with Gasteiger partial charge in [0.25, 0.3) is 0 Å². The molecule has 1 amide bonds. The van der Waals surface area contributed by atoms with Crippen molar-refractivity contribution in [2.75, 3.05) is 5.32 Å². The highest BCUT2D eigenvalue weighted by molar-refractivity contribution is 5.91. The molecule has 4 nitrogen and oxygen atoms in total. The number of aromatic nitrogens is 1. The molecule has 0 fully saturated rings. The molecular formula is C10H15N3O. The van der Waals surface area contributed by atoms with Crippen molar-refractivity contribution in [1.29, 1.82) is 0 Å². The van der Waals surface area contributed by atoms with Crippen LogP contribution in [0.4, 0.5) is 5.69 Å². The summed E-state index contributed by atoms with van der Waals surface area (Å²) in [6.45, 7) is 2.30. The van der Waals surface area contributed by atoms with E-state index in [1.54, 1.807) is 12.3 Å². The van der Waals surface area contributed by atoms with Crippen LogP contribution in [0, 0.1) is 0 Å². The maximum absolute atomic E-state index is 11.3. The molecule has 0 aromatic carbocycles. The predicted octanol–water partition coefficient (Wildman–Crippen LogP) is 1.28. The molecule has 0 unspecified atom stereocenters. The van der Waals surface area contributed by atoms with E-state index >= 15 is 0 Å². The average molecular weight is 193 g/mol. The number of rotatable bonds is 4. The first-order valence-electron chi connectivity index (χ1n) is 4.71. The van der Waals surface area contributed by atoms with Crippen LogP contribution in [0.15, 0.2) is 18.3 Å². The van der Waals surface area contributed by atoms with Gasteiger partial charge in [0.2, 0.25) is 5.91 Å². The Morgan fingerprint density at radius 2 is 2.43 bits per heavy atom. The third-order valence-corrected chi connectivity index (χ3v) is 1.83. The number of carbonyl (C=O) groups excluding carboxylic acids is 1. The number of nitrogens with two attached hydrogens (primary N) is 1. The van der Waals surface area contributed by atoms with Crippen LogP contribution in [-0.2, 0) is 11.3 Å². The topological polar surface area (TPSA) is 68.0 Å². The lowest BCUT2D eigenvalue weighted by Crippen LogP contribution is -2.14. The van der Waals surface area contributed by atoms with E-state index in [4.69, 9.17) is 5.73 Å². The minimum Gasteiger partial charge on any atom is -0.325 e. The Bertz CT molecular complexity index is 312. The minimum absolute atomic E-state index is 0.00944. The van der Waals surface area contributed by atoms with Gasteiger partial charge in [-0.2, -0.15) is 0 Å². The zero-order valence-electron chi connectivity index (χ0n) is 8.29. The van der Waals surface area contributed by atoms with Gasteiger partial charge in [0.1, 0.15) is 0 Å². The summed E-state index contributed by atoms with van der Waals surface area (Å²) in [4.78, 5) is 15.4. The van der Waals surface area contributed by atoms with Crippen molar-refractivity contribution in [3.63, 3.8) is 0 Å². The van der Waals surface area contributed by atoms with Crippen molar-refractivity contribution in [2.24, 2.45) is 5.73 Å². The van der Waals surface area contributed by atoms with Gasteiger partial charge in [0.15, 0.2) is 0 Å². The molecular weight excluding hydrogens is 178 g/mol. The second-order valence-corrected chi connectivity index (χ2v) is 3.00. The molecule has 0 spiro atoms. The maximum atomic E-state index is 11.3. The van der Waals surface area contributed by atoms with Crippen molar-refractivity contribution >= 4 is 11.6 Å². The molecule has 0 radical (unpaired) electrons. The Balaban J connectivity index is 2.70. The lowest BCUT2D eigenvalue weighted by atomic mass is 10.2. The van der Waals surface area contributed by atoms with Crippen molar-refractivity contribution in [3.8, 4) is 0 Å². The molecule has 76 valence electrons. The van der Waals surface area contributed by atoms with Gasteiger partial charge in [0, 0.05) is 19.2 Å². The maximum Gasteiger partial charge on any atom is 0.224 e. The molecule has 0 bridgehead atoms. The number of nitrogens with zero attached hydrogens (tertiary/aromatic N) is 1. The van der Waals surface area contributed by atoms with Gasteiger partial charge in [-0.15, -0.1) is 0 Å². The lowest BCUT2D eigenvalue weighted by molar-refractivity contribution is -0.116. The summed E-state index contributed by atoms with van der Waals surface area (Å²) in [5.41, 5.74) is 6.92. The van der Waals surface area contributed by atoms with E-state index in [0.717, 1.165) is 12.1 Å². The number of pyridine rings is 1. The summed E-state index contributed by atoms with van der Waals surface area (Å²) < 4.78 is 0. The quantitative estimate of drug-likeness (QED) is 0.756. The fourth-order valence-corrected chi connectivity index (χ4v) is 1.15. The van der Waals surface area contributed by atoms with Gasteiger partial charge in [-0.25, -0.2) is 0 Å². The van der Waals surface area contributed by atoms with Crippen LogP contribution < -0.4 is 11.1 Å². The van der Waals surface area contributed by atoms with E-state index in [1.165, 1.54) is 0 Å². The van der Waals surface area contributed by atoms with E-state index in [2.05, 4.69) is 10.3 Å². The first-order chi connectivity index (χ1) is 6.77. The molecule has 0 saturated carbocycles. The van der Waals surface area contributed by atoms with Crippen LogP contribution in [0.25, 0.3) is 0 Å². The summed E-state index contributed by atoms with van der Waals surface area (Å²) in [5, 5.41) is 2.78. The van der Waals surface area contributed by atoms with Gasteiger partial charge >= 0.3 is 0 Å². The molecule has 1 aromatic heterocycles. The molecule has 0 aliphatic heterocycles. The number of nitrogens with one attached hydrogen (secondary N) is 1. The Morgan fingerprint density at radius 3 is 3.07 bits per heavy atom. The van der Waals surface area contributed by atoms with Gasteiger partial charge in [-0.05, 0) is 18.6 Å². The molecule has 0 aliphatic rings. The van der Waals surface area contributed by atoms with Gasteiger partial charge < -0.3 is 11.1 Å². The van der Waals surface area contributed by atoms with Crippen LogP contribution in [0.2, 0.25) is 0 Å². The highest BCUT2D eigenvalue weighted by Crippen LogP contribution is 2.11. The molecule has 4 heteroatoms. The third-order valence-electron chi connectivity index (χ3n) is 1.83. The standard InChI is InChI=1S/C10H15N3O/c1-2-4-10(14)13-8-5-3-6-12-9(8)7-11/h3,5-6H,2,4,7,11H2,1H3,(H,13,14). The monoisotopic (exact) mass is 193 g/mol. The normalized spacial score (nSPS) is 9.86. The molecule has 1 rings (SSSR count). The molecule has 3 N–H and O–H groups in total. The Kier molecular flexibility index (Phi) is 4.07. The summed E-state index contributed by atoms with van der Waals surface area (Å²) >= 11 is 0. The molecule has 14 heavy (non-hydrogen) atoms. The van der Waals surface area contributed by atoms with Crippen LogP contribution in [0.3, 0.4) is 0 Å². The zero-order chi connectivity index (χ0) is 10.4. The number of amides is 1. The second kappa shape index (κ2) is 5.34. The predicted molar refractivity (Wildman–Crippen MR) is 55.7 cm³/mol.